The Morgan fingerprint density at radius 3 is 2.89 bits per heavy atom. The minimum Gasteiger partial charge on any atom is -0.265 e. The van der Waals surface area contributed by atoms with Gasteiger partial charge in [0.25, 0.3) is 0 Å². The Morgan fingerprint density at radius 1 is 1.30 bits per heavy atom. The summed E-state index contributed by atoms with van der Waals surface area (Å²) in [4.78, 5) is 15.6. The maximum absolute atomic E-state index is 4.53. The zero-order valence-electron chi connectivity index (χ0n) is 16.1. The molecular formula is C21H25N5S. The average Bonchev–Trinajstić information content (AvgIpc) is 3.07. The van der Waals surface area contributed by atoms with Crippen molar-refractivity contribution in [3.05, 3.63) is 46.9 Å². The van der Waals surface area contributed by atoms with Gasteiger partial charge in [0.15, 0.2) is 5.82 Å². The fourth-order valence-electron chi connectivity index (χ4n) is 3.77. The van der Waals surface area contributed by atoms with Gasteiger partial charge in [0.1, 0.15) is 11.2 Å². The highest BCUT2D eigenvalue weighted by molar-refractivity contribution is 7.19. The van der Waals surface area contributed by atoms with E-state index in [2.05, 4.69) is 46.3 Å². The molecule has 0 saturated carbocycles. The molecule has 5 nitrogen and oxygen atoms in total. The first-order chi connectivity index (χ1) is 13.1. The van der Waals surface area contributed by atoms with Gasteiger partial charge in [0.2, 0.25) is 0 Å². The second kappa shape index (κ2) is 7.35. The topological polar surface area (TPSA) is 63.1 Å². The zero-order chi connectivity index (χ0) is 18.9. The van der Waals surface area contributed by atoms with Gasteiger partial charge in [0, 0.05) is 17.3 Å². The molecule has 1 N–H and O–H groups in total. The molecule has 1 atom stereocenters. The number of nitrogens with zero attached hydrogens (tertiary/aromatic N) is 4. The highest BCUT2D eigenvalue weighted by Crippen LogP contribution is 2.45. The lowest BCUT2D eigenvalue weighted by Crippen LogP contribution is -2.28. The first-order valence-electron chi connectivity index (χ1n) is 9.53. The molecule has 0 amide bonds. The molecule has 27 heavy (non-hydrogen) atoms. The van der Waals surface area contributed by atoms with Gasteiger partial charge in [-0.05, 0) is 53.9 Å². The van der Waals surface area contributed by atoms with Crippen LogP contribution in [-0.2, 0) is 12.8 Å². The van der Waals surface area contributed by atoms with E-state index in [-0.39, 0.29) is 0 Å². The minimum absolute atomic E-state index is 0.356. The summed E-state index contributed by atoms with van der Waals surface area (Å²) in [5, 5.41) is 5.54. The van der Waals surface area contributed by atoms with Crippen molar-refractivity contribution in [3.8, 4) is 0 Å². The van der Waals surface area contributed by atoms with Crippen LogP contribution in [0, 0.1) is 11.3 Å². The van der Waals surface area contributed by atoms with Gasteiger partial charge in [0.05, 0.1) is 11.6 Å². The summed E-state index contributed by atoms with van der Waals surface area (Å²) >= 11 is 1.81. The number of pyridine rings is 1. The van der Waals surface area contributed by atoms with Gasteiger partial charge >= 0.3 is 0 Å². The first-order valence-corrected chi connectivity index (χ1v) is 10.3. The van der Waals surface area contributed by atoms with Crippen LogP contribution in [-0.4, -0.2) is 21.2 Å². The van der Waals surface area contributed by atoms with Gasteiger partial charge in [-0.3, -0.25) is 10.4 Å². The van der Waals surface area contributed by atoms with E-state index in [1.807, 2.05) is 23.5 Å². The van der Waals surface area contributed by atoms with E-state index in [0.717, 1.165) is 34.4 Å². The molecular weight excluding hydrogens is 354 g/mol. The van der Waals surface area contributed by atoms with E-state index < -0.39 is 0 Å². The molecule has 0 bridgehead atoms. The van der Waals surface area contributed by atoms with Crippen molar-refractivity contribution in [3.63, 3.8) is 0 Å². The van der Waals surface area contributed by atoms with Crippen molar-refractivity contribution in [2.24, 2.45) is 16.4 Å². The summed E-state index contributed by atoms with van der Waals surface area (Å²) in [5.41, 5.74) is 5.93. The maximum Gasteiger partial charge on any atom is 0.158 e. The molecule has 0 spiro atoms. The number of fused-ring (bicyclic) bond motifs is 3. The smallest absolute Gasteiger partial charge is 0.158 e. The fraction of sp³-hybridized carbons (Fsp3) is 0.429. The summed E-state index contributed by atoms with van der Waals surface area (Å²) < 4.78 is 0. The number of nitrogens with one attached hydrogen (secondary N) is 1. The number of rotatable bonds is 5. The van der Waals surface area contributed by atoms with E-state index in [4.69, 9.17) is 0 Å². The minimum atomic E-state index is 0.356. The van der Waals surface area contributed by atoms with Gasteiger partial charge in [-0.2, -0.15) is 5.10 Å². The molecule has 4 rings (SSSR count). The van der Waals surface area contributed by atoms with Crippen LogP contribution in [0.5, 0.6) is 0 Å². The first kappa shape index (κ1) is 18.0. The Kier molecular flexibility index (Phi) is 4.91. The van der Waals surface area contributed by atoms with E-state index in [0.29, 0.717) is 11.3 Å². The Morgan fingerprint density at radius 2 is 2.11 bits per heavy atom. The SMILES string of the molecule is CCC(C)(C)[C@@H]1CCc2sc3ncnc(N/N=C\c4ccncc4)c3c2C1. The Labute approximate surface area is 164 Å². The quantitative estimate of drug-likeness (QED) is 0.496. The number of hydrogen-bond acceptors (Lipinski definition) is 6. The van der Waals surface area contributed by atoms with Crippen LogP contribution in [0.15, 0.2) is 36.0 Å². The van der Waals surface area contributed by atoms with E-state index in [1.165, 1.54) is 23.3 Å². The maximum atomic E-state index is 4.53. The number of hydrogen-bond donors (Lipinski definition) is 1. The molecule has 3 aromatic rings. The lowest BCUT2D eigenvalue weighted by Gasteiger charge is -2.36. The standard InChI is InChI=1S/C21H25N5S/c1-4-21(2,3)15-5-6-17-16(11-15)18-19(23-13-24-20(18)27-17)26-25-12-14-7-9-22-10-8-14/h7-10,12-13,15H,4-6,11H2,1-3H3,(H,23,24,26)/b25-12-/t15-/m1/s1. The van der Waals surface area contributed by atoms with Crippen LogP contribution < -0.4 is 5.43 Å². The molecule has 0 unspecified atom stereocenters. The third-order valence-corrected chi connectivity index (χ3v) is 7.15. The molecule has 3 heterocycles. The van der Waals surface area contributed by atoms with Crippen molar-refractivity contribution in [2.75, 3.05) is 5.43 Å². The molecule has 0 aliphatic heterocycles. The van der Waals surface area contributed by atoms with E-state index >= 15 is 0 Å². The molecule has 1 aliphatic carbocycles. The number of hydrazone groups is 1. The van der Waals surface area contributed by atoms with Gasteiger partial charge in [-0.25, -0.2) is 9.97 Å². The van der Waals surface area contributed by atoms with Crippen molar-refractivity contribution in [2.45, 2.75) is 46.5 Å². The highest BCUT2D eigenvalue weighted by Gasteiger charge is 2.33. The van der Waals surface area contributed by atoms with Crippen LogP contribution >= 0.6 is 11.3 Å². The molecule has 140 valence electrons. The van der Waals surface area contributed by atoms with Crippen LogP contribution in [0.25, 0.3) is 10.2 Å². The van der Waals surface area contributed by atoms with Crippen molar-refractivity contribution in [1.82, 2.24) is 15.0 Å². The molecule has 0 fully saturated rings. The number of aromatic nitrogens is 3. The lowest BCUT2D eigenvalue weighted by atomic mass is 9.69. The molecule has 0 aromatic carbocycles. The summed E-state index contributed by atoms with van der Waals surface area (Å²) in [7, 11) is 0. The predicted octanol–water partition coefficient (Wildman–Crippen LogP) is 5.07. The van der Waals surface area contributed by atoms with Crippen LogP contribution in [0.3, 0.4) is 0 Å². The van der Waals surface area contributed by atoms with Crippen molar-refractivity contribution < 1.29 is 0 Å². The van der Waals surface area contributed by atoms with Crippen LogP contribution in [0.4, 0.5) is 5.82 Å². The predicted molar refractivity (Wildman–Crippen MR) is 112 cm³/mol. The summed E-state index contributed by atoms with van der Waals surface area (Å²) in [6.07, 6.45) is 11.6. The average molecular weight is 380 g/mol. The van der Waals surface area contributed by atoms with Crippen molar-refractivity contribution in [1.29, 1.82) is 0 Å². The van der Waals surface area contributed by atoms with E-state index in [9.17, 15) is 0 Å². The van der Waals surface area contributed by atoms with Crippen LogP contribution in [0.2, 0.25) is 0 Å². The summed E-state index contributed by atoms with van der Waals surface area (Å²) in [6.45, 7) is 7.09. The zero-order valence-corrected chi connectivity index (χ0v) is 16.9. The third-order valence-electron chi connectivity index (χ3n) is 5.95. The molecule has 1 aliphatic rings. The lowest BCUT2D eigenvalue weighted by molar-refractivity contribution is 0.184. The Balaban J connectivity index is 1.65. The highest BCUT2D eigenvalue weighted by atomic mass is 32.1. The molecule has 3 aromatic heterocycles. The molecule has 0 radical (unpaired) electrons. The second-order valence-corrected chi connectivity index (χ2v) is 8.92. The fourth-order valence-corrected chi connectivity index (χ4v) is 4.95. The summed E-state index contributed by atoms with van der Waals surface area (Å²) in [5.74, 6) is 1.50. The normalized spacial score (nSPS) is 17.4. The van der Waals surface area contributed by atoms with Gasteiger partial charge < -0.3 is 0 Å². The van der Waals surface area contributed by atoms with Gasteiger partial charge in [-0.1, -0.05) is 27.2 Å². The largest absolute Gasteiger partial charge is 0.265 e. The third kappa shape index (κ3) is 3.58. The van der Waals surface area contributed by atoms with Gasteiger partial charge in [-0.15, -0.1) is 11.3 Å². The Bertz CT molecular complexity index is 961. The Hall–Kier alpha value is -2.34. The van der Waals surface area contributed by atoms with Crippen LogP contribution in [0.1, 0.15) is 49.6 Å². The molecule has 6 heteroatoms. The second-order valence-electron chi connectivity index (χ2n) is 7.84. The summed E-state index contributed by atoms with van der Waals surface area (Å²) in [6, 6.07) is 3.84. The number of aryl methyl sites for hydroxylation is 1. The molecule has 0 saturated heterocycles. The number of thiophene rings is 1. The van der Waals surface area contributed by atoms with E-state index in [1.54, 1.807) is 24.9 Å². The monoisotopic (exact) mass is 379 g/mol. The van der Waals surface area contributed by atoms with Crippen molar-refractivity contribution >= 4 is 33.6 Å². The number of anilines is 1.